The van der Waals surface area contributed by atoms with E-state index >= 15 is 0 Å². The van der Waals surface area contributed by atoms with Crippen LogP contribution in [0.2, 0.25) is 0 Å². The van der Waals surface area contributed by atoms with Gasteiger partial charge in [0.2, 0.25) is 5.13 Å². The fourth-order valence-corrected chi connectivity index (χ4v) is 4.21. The zero-order chi connectivity index (χ0) is 19.5. The number of carbonyl (C=O) groups is 1. The van der Waals surface area contributed by atoms with Crippen molar-refractivity contribution in [3.05, 3.63) is 64.5 Å². The molecule has 28 heavy (non-hydrogen) atoms. The summed E-state index contributed by atoms with van der Waals surface area (Å²) in [4.78, 5) is 18.1. The monoisotopic (exact) mass is 410 g/mol. The highest BCUT2D eigenvalue weighted by Crippen LogP contribution is 2.29. The van der Waals surface area contributed by atoms with Gasteiger partial charge >= 0.3 is 0 Å². The minimum Gasteiger partial charge on any atom is -0.484 e. The number of hydrogen-bond donors (Lipinski definition) is 1. The van der Waals surface area contributed by atoms with Gasteiger partial charge in [-0.05, 0) is 43.0 Å². The number of anilines is 1. The Morgan fingerprint density at radius 3 is 2.86 bits per heavy atom. The lowest BCUT2D eigenvalue weighted by molar-refractivity contribution is -0.118. The number of thiophene rings is 1. The molecule has 0 aliphatic rings. The molecule has 3 aromatic heterocycles. The summed E-state index contributed by atoms with van der Waals surface area (Å²) in [6.45, 7) is 3.78. The molecule has 0 spiro atoms. The summed E-state index contributed by atoms with van der Waals surface area (Å²) in [5, 5.41) is 12.0. The molecule has 1 N–H and O–H groups in total. The summed E-state index contributed by atoms with van der Waals surface area (Å²) in [5.41, 5.74) is 2.78. The van der Waals surface area contributed by atoms with Crippen molar-refractivity contribution in [2.45, 2.75) is 13.8 Å². The lowest BCUT2D eigenvalue weighted by Gasteiger charge is -2.08. The molecule has 142 valence electrons. The molecule has 1 amide bonds. The first-order valence-corrected chi connectivity index (χ1v) is 10.4. The normalized spacial score (nSPS) is 10.8. The van der Waals surface area contributed by atoms with Crippen LogP contribution in [-0.4, -0.2) is 27.3 Å². The van der Waals surface area contributed by atoms with Gasteiger partial charge in [0.1, 0.15) is 11.6 Å². The molecule has 0 atom stereocenters. The fourth-order valence-electron chi connectivity index (χ4n) is 2.67. The Hall–Kier alpha value is -2.97. The topological polar surface area (TPSA) is 69.0 Å². The number of hydrogen-bond acceptors (Lipinski definition) is 6. The predicted molar refractivity (Wildman–Crippen MR) is 113 cm³/mol. The molecule has 8 heteroatoms. The molecule has 6 nitrogen and oxygen atoms in total. The summed E-state index contributed by atoms with van der Waals surface area (Å²) >= 11 is 3.12. The summed E-state index contributed by atoms with van der Waals surface area (Å²) in [6.07, 6.45) is 0. The molecule has 4 rings (SSSR count). The Kier molecular flexibility index (Phi) is 5.23. The van der Waals surface area contributed by atoms with Crippen LogP contribution in [0.3, 0.4) is 0 Å². The van der Waals surface area contributed by atoms with Crippen LogP contribution in [0.5, 0.6) is 5.75 Å². The molecule has 0 saturated carbocycles. The number of thiazole rings is 1. The number of aromatic nitrogens is 3. The van der Waals surface area contributed by atoms with Crippen LogP contribution in [0.1, 0.15) is 11.3 Å². The van der Waals surface area contributed by atoms with E-state index in [9.17, 15) is 4.79 Å². The van der Waals surface area contributed by atoms with Gasteiger partial charge in [0.15, 0.2) is 6.61 Å². The molecule has 0 aliphatic carbocycles. The average Bonchev–Trinajstić information content (AvgIpc) is 3.40. The number of rotatable bonds is 6. The van der Waals surface area contributed by atoms with Gasteiger partial charge in [0.25, 0.3) is 5.91 Å². The number of ether oxygens (including phenoxy) is 1. The molecule has 0 bridgehead atoms. The number of benzene rings is 1. The molecule has 0 radical (unpaired) electrons. The van der Waals surface area contributed by atoms with Gasteiger partial charge in [-0.3, -0.25) is 4.79 Å². The van der Waals surface area contributed by atoms with Crippen LogP contribution in [-0.2, 0) is 4.79 Å². The maximum atomic E-state index is 12.4. The first-order chi connectivity index (χ1) is 13.6. The number of nitrogens with one attached hydrogen (secondary N) is 1. The molecule has 0 fully saturated rings. The molecule has 0 aliphatic heterocycles. The Morgan fingerprint density at radius 2 is 2.07 bits per heavy atom. The molecule has 0 unspecified atom stereocenters. The third-order valence-electron chi connectivity index (χ3n) is 3.91. The Bertz CT molecular complexity index is 1100. The number of carbonyl (C=O) groups excluding carboxylic acids is 1. The maximum absolute atomic E-state index is 12.4. The highest BCUT2D eigenvalue weighted by Gasteiger charge is 2.15. The second kappa shape index (κ2) is 7.95. The van der Waals surface area contributed by atoms with Gasteiger partial charge in [0, 0.05) is 11.4 Å². The van der Waals surface area contributed by atoms with Crippen molar-refractivity contribution in [3.8, 4) is 21.5 Å². The first kappa shape index (κ1) is 18.4. The minimum absolute atomic E-state index is 0.0774. The molecular weight excluding hydrogens is 392 g/mol. The summed E-state index contributed by atoms with van der Waals surface area (Å²) in [6, 6.07) is 13.4. The Balaban J connectivity index is 1.48. The van der Waals surface area contributed by atoms with E-state index in [2.05, 4.69) is 15.4 Å². The summed E-state index contributed by atoms with van der Waals surface area (Å²) in [5.74, 6) is 0.987. The van der Waals surface area contributed by atoms with Crippen molar-refractivity contribution >= 4 is 34.4 Å². The van der Waals surface area contributed by atoms with E-state index in [1.165, 1.54) is 11.3 Å². The van der Waals surface area contributed by atoms with Gasteiger partial charge < -0.3 is 10.1 Å². The zero-order valence-corrected chi connectivity index (χ0v) is 17.0. The largest absolute Gasteiger partial charge is 0.484 e. The molecule has 4 aromatic rings. The fraction of sp³-hybridized carbons (Fsp3) is 0.150. The number of aryl methyl sites for hydroxylation is 2. The van der Waals surface area contributed by atoms with Crippen molar-refractivity contribution in [2.75, 3.05) is 11.9 Å². The van der Waals surface area contributed by atoms with E-state index in [-0.39, 0.29) is 12.5 Å². The Morgan fingerprint density at radius 1 is 1.18 bits per heavy atom. The lowest BCUT2D eigenvalue weighted by Crippen LogP contribution is -2.21. The third kappa shape index (κ3) is 4.13. The van der Waals surface area contributed by atoms with Gasteiger partial charge in [-0.1, -0.05) is 18.2 Å². The van der Waals surface area contributed by atoms with Crippen LogP contribution in [0.4, 0.5) is 5.82 Å². The molecule has 1 aromatic carbocycles. The van der Waals surface area contributed by atoms with E-state index < -0.39 is 0 Å². The van der Waals surface area contributed by atoms with Crippen molar-refractivity contribution < 1.29 is 9.53 Å². The van der Waals surface area contributed by atoms with E-state index in [0.29, 0.717) is 16.7 Å². The lowest BCUT2D eigenvalue weighted by atomic mass is 10.2. The third-order valence-corrected chi connectivity index (χ3v) is 5.61. The van der Waals surface area contributed by atoms with Crippen LogP contribution < -0.4 is 10.1 Å². The van der Waals surface area contributed by atoms with Crippen LogP contribution >= 0.6 is 22.7 Å². The quantitative estimate of drug-likeness (QED) is 0.501. The second-order valence-corrected chi connectivity index (χ2v) is 8.01. The second-order valence-electron chi connectivity index (χ2n) is 6.23. The van der Waals surface area contributed by atoms with Crippen LogP contribution in [0.15, 0.2) is 53.2 Å². The van der Waals surface area contributed by atoms with Gasteiger partial charge in [-0.2, -0.15) is 9.78 Å². The number of nitrogens with zero attached hydrogens (tertiary/aromatic N) is 3. The first-order valence-electron chi connectivity index (χ1n) is 8.64. The maximum Gasteiger partial charge on any atom is 0.263 e. The van der Waals surface area contributed by atoms with Crippen LogP contribution in [0.25, 0.3) is 15.7 Å². The SMILES string of the molecule is Cc1cccc(OCC(=O)Nc2cc(C)nn2-c2nc(-c3cccs3)cs2)c1. The van der Waals surface area contributed by atoms with E-state index in [4.69, 9.17) is 4.74 Å². The highest BCUT2D eigenvalue weighted by atomic mass is 32.1. The zero-order valence-electron chi connectivity index (χ0n) is 15.4. The van der Waals surface area contributed by atoms with Crippen molar-refractivity contribution in [2.24, 2.45) is 0 Å². The smallest absolute Gasteiger partial charge is 0.263 e. The van der Waals surface area contributed by atoms with E-state index in [1.54, 1.807) is 16.0 Å². The molecule has 3 heterocycles. The van der Waals surface area contributed by atoms with E-state index in [0.717, 1.165) is 21.8 Å². The van der Waals surface area contributed by atoms with E-state index in [1.807, 2.05) is 67.1 Å². The summed E-state index contributed by atoms with van der Waals surface area (Å²) < 4.78 is 7.23. The predicted octanol–water partition coefficient (Wildman–Crippen LogP) is 4.69. The van der Waals surface area contributed by atoms with Gasteiger partial charge in [-0.25, -0.2) is 4.98 Å². The van der Waals surface area contributed by atoms with Crippen molar-refractivity contribution in [1.82, 2.24) is 14.8 Å². The minimum atomic E-state index is -0.252. The standard InChI is InChI=1S/C20H18N4O2S2/c1-13-5-3-6-15(9-13)26-11-19(25)22-18-10-14(2)23-24(18)20-21-16(12-28-20)17-7-4-8-27-17/h3-10,12H,11H2,1-2H3,(H,22,25). The van der Waals surface area contributed by atoms with Gasteiger partial charge in [-0.15, -0.1) is 22.7 Å². The van der Waals surface area contributed by atoms with Gasteiger partial charge in [0.05, 0.1) is 16.3 Å². The molecule has 0 saturated heterocycles. The number of amides is 1. The Labute approximate surface area is 170 Å². The summed E-state index contributed by atoms with van der Waals surface area (Å²) in [7, 11) is 0. The van der Waals surface area contributed by atoms with Crippen molar-refractivity contribution in [1.29, 1.82) is 0 Å². The highest BCUT2D eigenvalue weighted by molar-refractivity contribution is 7.15. The average molecular weight is 411 g/mol. The van der Waals surface area contributed by atoms with Crippen molar-refractivity contribution in [3.63, 3.8) is 0 Å². The van der Waals surface area contributed by atoms with Crippen LogP contribution in [0, 0.1) is 13.8 Å². The molecular formula is C20H18N4O2S2.